The standard InChI is InChI=1S/C12H14N4O2/c1-16-11(7-8-13-16)15-12(17)14-9-3-5-10(18-2)6-4-9/h3-8H,1-2H3,(H2,14,15,17). The first-order valence-corrected chi connectivity index (χ1v) is 5.39. The van der Waals surface area contributed by atoms with Crippen molar-refractivity contribution in [2.45, 2.75) is 0 Å². The van der Waals surface area contributed by atoms with E-state index < -0.39 is 0 Å². The summed E-state index contributed by atoms with van der Waals surface area (Å²) in [5.74, 6) is 1.37. The van der Waals surface area contributed by atoms with Gasteiger partial charge in [-0.05, 0) is 24.3 Å². The summed E-state index contributed by atoms with van der Waals surface area (Å²) in [6.45, 7) is 0. The third-order valence-electron chi connectivity index (χ3n) is 2.41. The molecule has 6 nitrogen and oxygen atoms in total. The van der Waals surface area contributed by atoms with Crippen molar-refractivity contribution in [3.8, 4) is 5.75 Å². The van der Waals surface area contributed by atoms with Crippen LogP contribution in [0.25, 0.3) is 0 Å². The number of hydrogen-bond donors (Lipinski definition) is 2. The summed E-state index contributed by atoms with van der Waals surface area (Å²) < 4.78 is 6.61. The number of amides is 2. The lowest BCUT2D eigenvalue weighted by molar-refractivity contribution is 0.262. The number of urea groups is 1. The second kappa shape index (κ2) is 5.22. The first-order valence-electron chi connectivity index (χ1n) is 5.39. The Kier molecular flexibility index (Phi) is 3.47. The summed E-state index contributed by atoms with van der Waals surface area (Å²) in [6.07, 6.45) is 1.61. The molecule has 6 heteroatoms. The van der Waals surface area contributed by atoms with Gasteiger partial charge in [-0.15, -0.1) is 0 Å². The van der Waals surface area contributed by atoms with Crippen LogP contribution in [0.2, 0.25) is 0 Å². The van der Waals surface area contributed by atoms with Gasteiger partial charge in [0.15, 0.2) is 0 Å². The Balaban J connectivity index is 1.96. The molecule has 0 unspecified atom stereocenters. The van der Waals surface area contributed by atoms with Crippen LogP contribution >= 0.6 is 0 Å². The molecule has 2 amide bonds. The number of methoxy groups -OCH3 is 1. The largest absolute Gasteiger partial charge is 0.497 e. The first kappa shape index (κ1) is 12.0. The molecule has 0 aliphatic rings. The number of carbonyl (C=O) groups excluding carboxylic acids is 1. The third-order valence-corrected chi connectivity index (χ3v) is 2.41. The summed E-state index contributed by atoms with van der Waals surface area (Å²) in [6, 6.07) is 8.49. The van der Waals surface area contributed by atoms with E-state index in [0.717, 1.165) is 5.75 Å². The maximum atomic E-state index is 11.7. The van der Waals surface area contributed by atoms with Crippen LogP contribution in [0.5, 0.6) is 5.75 Å². The molecule has 0 atom stereocenters. The van der Waals surface area contributed by atoms with Crippen LogP contribution in [-0.4, -0.2) is 22.9 Å². The Hall–Kier alpha value is -2.50. The molecule has 2 N–H and O–H groups in total. The maximum Gasteiger partial charge on any atom is 0.324 e. The van der Waals surface area contributed by atoms with E-state index in [4.69, 9.17) is 4.74 Å². The van der Waals surface area contributed by atoms with Crippen molar-refractivity contribution in [2.75, 3.05) is 17.7 Å². The van der Waals surface area contributed by atoms with E-state index >= 15 is 0 Å². The molecule has 0 bridgehead atoms. The van der Waals surface area contributed by atoms with Crippen LogP contribution in [0.4, 0.5) is 16.3 Å². The molecule has 0 saturated heterocycles. The van der Waals surface area contributed by atoms with Gasteiger partial charge in [0.1, 0.15) is 11.6 Å². The Bertz CT molecular complexity index is 533. The number of nitrogens with one attached hydrogen (secondary N) is 2. The van der Waals surface area contributed by atoms with Crippen LogP contribution in [0, 0.1) is 0 Å². The monoisotopic (exact) mass is 246 g/mol. The quantitative estimate of drug-likeness (QED) is 0.871. The molecule has 2 aromatic rings. The molecule has 0 saturated carbocycles. The molecule has 18 heavy (non-hydrogen) atoms. The van der Waals surface area contributed by atoms with E-state index in [2.05, 4.69) is 15.7 Å². The average Bonchev–Trinajstić information content (AvgIpc) is 2.76. The molecular formula is C12H14N4O2. The number of benzene rings is 1. The van der Waals surface area contributed by atoms with Crippen LogP contribution in [-0.2, 0) is 7.05 Å². The minimum Gasteiger partial charge on any atom is -0.497 e. The van der Waals surface area contributed by atoms with Crippen molar-refractivity contribution < 1.29 is 9.53 Å². The molecule has 1 aromatic heterocycles. The lowest BCUT2D eigenvalue weighted by atomic mass is 10.3. The van der Waals surface area contributed by atoms with Gasteiger partial charge >= 0.3 is 6.03 Å². The zero-order valence-corrected chi connectivity index (χ0v) is 10.2. The molecule has 0 radical (unpaired) electrons. The molecule has 0 aliphatic carbocycles. The smallest absolute Gasteiger partial charge is 0.324 e. The minimum absolute atomic E-state index is 0.316. The number of carbonyl (C=O) groups is 1. The first-order chi connectivity index (χ1) is 8.69. The molecule has 1 heterocycles. The highest BCUT2D eigenvalue weighted by atomic mass is 16.5. The number of hydrogen-bond acceptors (Lipinski definition) is 3. The maximum absolute atomic E-state index is 11.7. The predicted molar refractivity (Wildman–Crippen MR) is 68.8 cm³/mol. The Labute approximate surface area is 105 Å². The van der Waals surface area contributed by atoms with Crippen LogP contribution in [0.15, 0.2) is 36.5 Å². The van der Waals surface area contributed by atoms with Crippen LogP contribution in [0.3, 0.4) is 0 Å². The van der Waals surface area contributed by atoms with E-state index in [1.165, 1.54) is 0 Å². The van der Waals surface area contributed by atoms with Gasteiger partial charge in [-0.2, -0.15) is 5.10 Å². The summed E-state index contributed by atoms with van der Waals surface area (Å²) in [4.78, 5) is 11.7. The molecule has 0 spiro atoms. The van der Waals surface area contributed by atoms with E-state index in [9.17, 15) is 4.79 Å². The highest BCUT2D eigenvalue weighted by Gasteiger charge is 2.05. The van der Waals surface area contributed by atoms with Crippen LogP contribution < -0.4 is 15.4 Å². The molecule has 0 aliphatic heterocycles. The van der Waals surface area contributed by atoms with Crippen molar-refractivity contribution in [1.82, 2.24) is 9.78 Å². The van der Waals surface area contributed by atoms with E-state index in [1.807, 2.05) is 0 Å². The van der Waals surface area contributed by atoms with E-state index in [-0.39, 0.29) is 6.03 Å². The van der Waals surface area contributed by atoms with Gasteiger partial charge in [-0.3, -0.25) is 10.00 Å². The molecule has 1 aromatic carbocycles. The number of aromatic nitrogens is 2. The second-order valence-corrected chi connectivity index (χ2v) is 3.65. The fourth-order valence-electron chi connectivity index (χ4n) is 1.45. The lowest BCUT2D eigenvalue weighted by Gasteiger charge is -2.08. The van der Waals surface area contributed by atoms with Crippen molar-refractivity contribution >= 4 is 17.5 Å². The highest BCUT2D eigenvalue weighted by Crippen LogP contribution is 2.15. The van der Waals surface area contributed by atoms with Crippen molar-refractivity contribution in [1.29, 1.82) is 0 Å². The third kappa shape index (κ3) is 2.79. The zero-order valence-electron chi connectivity index (χ0n) is 10.2. The van der Waals surface area contributed by atoms with E-state index in [0.29, 0.717) is 11.5 Å². The Morgan fingerprint density at radius 2 is 1.94 bits per heavy atom. The highest BCUT2D eigenvalue weighted by molar-refractivity contribution is 5.99. The molecule has 0 fully saturated rings. The summed E-state index contributed by atoms with van der Waals surface area (Å²) >= 11 is 0. The zero-order chi connectivity index (χ0) is 13.0. The van der Waals surface area contributed by atoms with Gasteiger partial charge in [0.05, 0.1) is 13.3 Å². The molecular weight excluding hydrogens is 232 g/mol. The number of aryl methyl sites for hydroxylation is 1. The fraction of sp³-hybridized carbons (Fsp3) is 0.167. The number of rotatable bonds is 3. The van der Waals surface area contributed by atoms with Crippen molar-refractivity contribution in [3.63, 3.8) is 0 Å². The Morgan fingerprint density at radius 3 is 2.50 bits per heavy atom. The van der Waals surface area contributed by atoms with Gasteiger partial charge in [0.25, 0.3) is 0 Å². The number of anilines is 2. The van der Waals surface area contributed by atoms with Gasteiger partial charge in [0.2, 0.25) is 0 Å². The van der Waals surface area contributed by atoms with Crippen LogP contribution in [0.1, 0.15) is 0 Å². The fourth-order valence-corrected chi connectivity index (χ4v) is 1.45. The van der Waals surface area contributed by atoms with Crippen molar-refractivity contribution in [2.24, 2.45) is 7.05 Å². The number of nitrogens with zero attached hydrogens (tertiary/aromatic N) is 2. The average molecular weight is 246 g/mol. The topological polar surface area (TPSA) is 68.2 Å². The predicted octanol–water partition coefficient (Wildman–Crippen LogP) is 2.07. The van der Waals surface area contributed by atoms with Gasteiger partial charge < -0.3 is 10.1 Å². The second-order valence-electron chi connectivity index (χ2n) is 3.65. The Morgan fingerprint density at radius 1 is 1.22 bits per heavy atom. The lowest BCUT2D eigenvalue weighted by Crippen LogP contribution is -2.20. The normalized spacial score (nSPS) is 9.89. The summed E-state index contributed by atoms with van der Waals surface area (Å²) in [5, 5.41) is 9.36. The SMILES string of the molecule is COc1ccc(NC(=O)Nc2ccnn2C)cc1. The van der Waals surface area contributed by atoms with Gasteiger partial charge in [-0.25, -0.2) is 4.79 Å². The van der Waals surface area contributed by atoms with Gasteiger partial charge in [0, 0.05) is 18.8 Å². The molecule has 94 valence electrons. The van der Waals surface area contributed by atoms with E-state index in [1.54, 1.807) is 55.4 Å². The number of ether oxygens (including phenoxy) is 1. The molecule has 2 rings (SSSR count). The summed E-state index contributed by atoms with van der Waals surface area (Å²) in [7, 11) is 3.35. The summed E-state index contributed by atoms with van der Waals surface area (Å²) in [5.41, 5.74) is 0.690. The van der Waals surface area contributed by atoms with Gasteiger partial charge in [-0.1, -0.05) is 0 Å². The van der Waals surface area contributed by atoms with Crippen molar-refractivity contribution in [3.05, 3.63) is 36.5 Å². The minimum atomic E-state index is -0.316.